The molecule has 3 heteroatoms. The number of nitrogens with one attached hydrogen (secondary N) is 1. The van der Waals surface area contributed by atoms with E-state index in [1.807, 2.05) is 18.2 Å². The molecule has 118 valence electrons. The fourth-order valence-corrected chi connectivity index (χ4v) is 3.13. The van der Waals surface area contributed by atoms with Crippen LogP contribution in [0.4, 0.5) is 0 Å². The number of aliphatic hydroxyl groups is 1. The highest BCUT2D eigenvalue weighted by molar-refractivity contribution is 5.32. The van der Waals surface area contributed by atoms with E-state index in [-0.39, 0.29) is 0 Å². The zero-order valence-electron chi connectivity index (χ0n) is 13.2. The van der Waals surface area contributed by atoms with E-state index >= 15 is 0 Å². The van der Waals surface area contributed by atoms with Crippen molar-refractivity contribution in [1.29, 1.82) is 5.26 Å². The highest BCUT2D eigenvalue weighted by Crippen LogP contribution is 2.37. The molecule has 0 spiro atoms. The molecule has 1 saturated carbocycles. The van der Waals surface area contributed by atoms with Crippen LogP contribution >= 0.6 is 0 Å². The largest absolute Gasteiger partial charge is 0.387 e. The average Bonchev–Trinajstić information content (AvgIpc) is 2.57. The summed E-state index contributed by atoms with van der Waals surface area (Å²) in [4.78, 5) is 0. The third kappa shape index (κ3) is 3.79. The van der Waals surface area contributed by atoms with Gasteiger partial charge in [0.2, 0.25) is 0 Å². The summed E-state index contributed by atoms with van der Waals surface area (Å²) in [6, 6.07) is 20.0. The monoisotopic (exact) mass is 306 g/mol. The molecule has 3 rings (SSSR count). The normalized spacial score (nSPS) is 17.0. The van der Waals surface area contributed by atoms with Gasteiger partial charge < -0.3 is 10.4 Å². The van der Waals surface area contributed by atoms with Crippen LogP contribution < -0.4 is 5.32 Å². The summed E-state index contributed by atoms with van der Waals surface area (Å²) in [5.74, 6) is 0.658. The molecule has 0 bridgehead atoms. The molecule has 2 atom stereocenters. The summed E-state index contributed by atoms with van der Waals surface area (Å²) in [5.41, 5.74) is 2.76. The van der Waals surface area contributed by atoms with Gasteiger partial charge in [0.05, 0.1) is 17.7 Å². The van der Waals surface area contributed by atoms with Gasteiger partial charge in [0.25, 0.3) is 0 Å². The molecule has 2 unspecified atom stereocenters. The lowest BCUT2D eigenvalue weighted by molar-refractivity contribution is 0.151. The second kappa shape index (κ2) is 7.41. The molecule has 0 aromatic heterocycles. The molecule has 23 heavy (non-hydrogen) atoms. The van der Waals surface area contributed by atoms with Crippen molar-refractivity contribution < 1.29 is 5.11 Å². The molecule has 1 aliphatic carbocycles. The molecule has 2 aromatic carbocycles. The average molecular weight is 306 g/mol. The van der Waals surface area contributed by atoms with Crippen molar-refractivity contribution in [3.8, 4) is 6.07 Å². The van der Waals surface area contributed by atoms with Crippen molar-refractivity contribution in [1.82, 2.24) is 5.32 Å². The van der Waals surface area contributed by atoms with Crippen molar-refractivity contribution in [2.24, 2.45) is 5.92 Å². The summed E-state index contributed by atoms with van der Waals surface area (Å²) >= 11 is 0. The van der Waals surface area contributed by atoms with Gasteiger partial charge in [-0.1, -0.05) is 48.9 Å². The van der Waals surface area contributed by atoms with Crippen LogP contribution in [-0.4, -0.2) is 11.7 Å². The van der Waals surface area contributed by atoms with Crippen molar-refractivity contribution in [2.45, 2.75) is 31.4 Å². The lowest BCUT2D eigenvalue weighted by Crippen LogP contribution is -2.34. The van der Waals surface area contributed by atoms with Crippen LogP contribution in [0.2, 0.25) is 0 Å². The Morgan fingerprint density at radius 1 is 1.04 bits per heavy atom. The van der Waals surface area contributed by atoms with Crippen molar-refractivity contribution in [3.05, 3.63) is 71.3 Å². The molecule has 3 nitrogen and oxygen atoms in total. The fourth-order valence-electron chi connectivity index (χ4n) is 3.13. The van der Waals surface area contributed by atoms with Crippen molar-refractivity contribution in [2.75, 3.05) is 6.54 Å². The summed E-state index contributed by atoms with van der Waals surface area (Å²) in [6.07, 6.45) is 3.24. The predicted molar refractivity (Wildman–Crippen MR) is 90.6 cm³/mol. The Labute approximate surface area is 137 Å². The van der Waals surface area contributed by atoms with Gasteiger partial charge >= 0.3 is 0 Å². The molecular formula is C20H22N2O. The molecule has 1 fully saturated rings. The van der Waals surface area contributed by atoms with Crippen LogP contribution in [0.5, 0.6) is 0 Å². The van der Waals surface area contributed by atoms with E-state index in [1.54, 1.807) is 12.1 Å². The number of nitriles is 1. The van der Waals surface area contributed by atoms with E-state index in [0.717, 1.165) is 5.56 Å². The van der Waals surface area contributed by atoms with Crippen LogP contribution in [0.1, 0.15) is 48.1 Å². The minimum Gasteiger partial charge on any atom is -0.387 e. The quantitative estimate of drug-likeness (QED) is 0.855. The highest BCUT2D eigenvalue weighted by Gasteiger charge is 2.28. The first-order valence-electron chi connectivity index (χ1n) is 8.24. The van der Waals surface area contributed by atoms with Gasteiger partial charge in [-0.3, -0.25) is 0 Å². The summed E-state index contributed by atoms with van der Waals surface area (Å²) in [5, 5.41) is 22.8. The molecule has 2 aromatic rings. The van der Waals surface area contributed by atoms with Gasteiger partial charge in [0, 0.05) is 12.6 Å². The Balaban J connectivity index is 1.65. The summed E-state index contributed by atoms with van der Waals surface area (Å²) in [7, 11) is 0. The van der Waals surface area contributed by atoms with E-state index < -0.39 is 6.10 Å². The fraction of sp³-hybridized carbons (Fsp3) is 0.350. The second-order valence-electron chi connectivity index (χ2n) is 6.24. The zero-order chi connectivity index (χ0) is 16.1. The minimum absolute atomic E-state index is 0.304. The molecule has 0 radical (unpaired) electrons. The molecular weight excluding hydrogens is 284 g/mol. The van der Waals surface area contributed by atoms with Gasteiger partial charge in [0.1, 0.15) is 0 Å². The van der Waals surface area contributed by atoms with Gasteiger partial charge in [-0.05, 0) is 42.0 Å². The van der Waals surface area contributed by atoms with Crippen molar-refractivity contribution >= 4 is 0 Å². The van der Waals surface area contributed by atoms with E-state index in [4.69, 9.17) is 5.26 Å². The number of hydrogen-bond donors (Lipinski definition) is 2. The third-order valence-corrected chi connectivity index (χ3v) is 4.74. The number of nitrogens with zero attached hydrogens (tertiary/aromatic N) is 1. The first-order chi connectivity index (χ1) is 11.3. The van der Waals surface area contributed by atoms with E-state index in [0.29, 0.717) is 24.1 Å². The summed E-state index contributed by atoms with van der Waals surface area (Å²) < 4.78 is 0. The topological polar surface area (TPSA) is 56.0 Å². The first kappa shape index (κ1) is 15.7. The lowest BCUT2D eigenvalue weighted by Gasteiger charge is -2.35. The van der Waals surface area contributed by atoms with E-state index in [1.165, 1.54) is 24.8 Å². The number of hydrogen-bond acceptors (Lipinski definition) is 3. The smallest absolute Gasteiger partial charge is 0.0991 e. The Morgan fingerprint density at radius 2 is 1.74 bits per heavy atom. The Bertz CT molecular complexity index is 656. The van der Waals surface area contributed by atoms with Gasteiger partial charge in [-0.2, -0.15) is 5.26 Å². The van der Waals surface area contributed by atoms with Gasteiger partial charge in [-0.15, -0.1) is 0 Å². The first-order valence-corrected chi connectivity index (χ1v) is 8.24. The van der Waals surface area contributed by atoms with Crippen LogP contribution in [0.3, 0.4) is 0 Å². The molecule has 0 aliphatic heterocycles. The molecule has 0 amide bonds. The third-order valence-electron chi connectivity index (χ3n) is 4.74. The van der Waals surface area contributed by atoms with E-state index in [2.05, 4.69) is 35.7 Å². The predicted octanol–water partition coefficient (Wildman–Crippen LogP) is 3.72. The summed E-state index contributed by atoms with van der Waals surface area (Å²) in [6.45, 7) is 0.516. The SMILES string of the molecule is N#Cc1ccc(C(O)CNC(c2ccccc2)C2CCC2)cc1. The maximum atomic E-state index is 10.4. The Hall–Kier alpha value is -2.15. The maximum Gasteiger partial charge on any atom is 0.0991 e. The standard InChI is InChI=1S/C20H22N2O/c21-13-15-9-11-16(12-10-15)19(23)14-22-20(18-7-4-8-18)17-5-2-1-3-6-17/h1-3,5-6,9-12,18-20,22-23H,4,7-8,14H2. The number of benzene rings is 2. The minimum atomic E-state index is -0.561. The molecule has 0 saturated heterocycles. The molecule has 0 heterocycles. The molecule has 1 aliphatic rings. The lowest BCUT2D eigenvalue weighted by atomic mass is 9.77. The highest BCUT2D eigenvalue weighted by atomic mass is 16.3. The van der Waals surface area contributed by atoms with Crippen LogP contribution in [0.15, 0.2) is 54.6 Å². The van der Waals surface area contributed by atoms with Crippen LogP contribution in [0, 0.1) is 17.2 Å². The van der Waals surface area contributed by atoms with E-state index in [9.17, 15) is 5.11 Å². The van der Waals surface area contributed by atoms with Gasteiger partial charge in [-0.25, -0.2) is 0 Å². The van der Waals surface area contributed by atoms with Crippen LogP contribution in [-0.2, 0) is 0 Å². The van der Waals surface area contributed by atoms with Crippen molar-refractivity contribution in [3.63, 3.8) is 0 Å². The zero-order valence-corrected chi connectivity index (χ0v) is 13.2. The maximum absolute atomic E-state index is 10.4. The molecule has 2 N–H and O–H groups in total. The Kier molecular flexibility index (Phi) is 5.07. The van der Waals surface area contributed by atoms with Crippen LogP contribution in [0.25, 0.3) is 0 Å². The van der Waals surface area contributed by atoms with Gasteiger partial charge in [0.15, 0.2) is 0 Å². The number of rotatable bonds is 6. The number of aliphatic hydroxyl groups excluding tert-OH is 1. The Morgan fingerprint density at radius 3 is 2.30 bits per heavy atom. The second-order valence-corrected chi connectivity index (χ2v) is 6.24.